The zero-order chi connectivity index (χ0) is 18.9. The zero-order valence-corrected chi connectivity index (χ0v) is 16.2. The number of carbonyl (C=O) groups is 3. The molecule has 0 radical (unpaired) electrons. The lowest BCUT2D eigenvalue weighted by Crippen LogP contribution is -2.41. The monoisotopic (exact) mass is 382 g/mol. The summed E-state index contributed by atoms with van der Waals surface area (Å²) >= 11 is 1.34. The molecule has 1 aliphatic carbocycles. The van der Waals surface area contributed by atoms with E-state index in [4.69, 9.17) is 4.74 Å². The average Bonchev–Trinajstić information content (AvgIpc) is 3.13. The van der Waals surface area contributed by atoms with Gasteiger partial charge in [0.1, 0.15) is 5.01 Å². The quantitative estimate of drug-likeness (QED) is 0.643. The molecule has 26 heavy (non-hydrogen) atoms. The molecule has 144 valence electrons. The van der Waals surface area contributed by atoms with Gasteiger partial charge in [0.2, 0.25) is 5.91 Å². The predicted molar refractivity (Wildman–Crippen MR) is 96.7 cm³/mol. The molecule has 1 aromatic heterocycles. The summed E-state index contributed by atoms with van der Waals surface area (Å²) < 4.78 is 9.59. The number of nitrogens with zero attached hydrogens (tertiary/aromatic N) is 2. The van der Waals surface area contributed by atoms with Crippen LogP contribution in [0.25, 0.3) is 0 Å². The first-order valence-corrected chi connectivity index (χ1v) is 9.91. The number of esters is 2. The highest BCUT2D eigenvalue weighted by molar-refractivity contribution is 7.09. The smallest absolute Gasteiger partial charge is 0.357 e. The average molecular weight is 382 g/mol. The lowest BCUT2D eigenvalue weighted by atomic mass is 9.94. The topological polar surface area (TPSA) is 85.8 Å². The van der Waals surface area contributed by atoms with Crippen LogP contribution in [-0.4, -0.2) is 47.5 Å². The third-order valence-corrected chi connectivity index (χ3v) is 5.27. The van der Waals surface area contributed by atoms with Gasteiger partial charge in [-0.25, -0.2) is 9.78 Å². The Kier molecular flexibility index (Phi) is 8.03. The Morgan fingerprint density at radius 3 is 2.62 bits per heavy atom. The molecule has 0 unspecified atom stereocenters. The standard InChI is InChI=1S/C18H26N2O5S/c1-3-25-17(22)10-9-16(21)20(13-7-5-4-6-8-13)11-15-19-14(12-26-15)18(23)24-2/h12-13H,3-11H2,1-2H3. The summed E-state index contributed by atoms with van der Waals surface area (Å²) in [6.07, 6.45) is 5.51. The van der Waals surface area contributed by atoms with Crippen LogP contribution >= 0.6 is 11.3 Å². The number of thiazole rings is 1. The number of hydrogen-bond acceptors (Lipinski definition) is 7. The number of rotatable bonds is 8. The molecule has 0 bridgehead atoms. The largest absolute Gasteiger partial charge is 0.466 e. The Bertz CT molecular complexity index is 625. The third kappa shape index (κ3) is 5.79. The summed E-state index contributed by atoms with van der Waals surface area (Å²) in [5.41, 5.74) is 0.259. The van der Waals surface area contributed by atoms with Crippen molar-refractivity contribution >= 4 is 29.2 Å². The van der Waals surface area contributed by atoms with Gasteiger partial charge >= 0.3 is 11.9 Å². The molecule has 1 amide bonds. The van der Waals surface area contributed by atoms with Gasteiger partial charge in [0.15, 0.2) is 5.69 Å². The minimum atomic E-state index is -0.481. The Balaban J connectivity index is 2.05. The summed E-state index contributed by atoms with van der Waals surface area (Å²) in [6, 6.07) is 0.156. The van der Waals surface area contributed by atoms with Crippen molar-refractivity contribution in [3.8, 4) is 0 Å². The molecule has 0 spiro atoms. The highest BCUT2D eigenvalue weighted by Gasteiger charge is 2.27. The maximum Gasteiger partial charge on any atom is 0.357 e. The Hall–Kier alpha value is -1.96. The summed E-state index contributed by atoms with van der Waals surface area (Å²) in [6.45, 7) is 2.41. The molecule has 1 fully saturated rings. The van der Waals surface area contributed by atoms with Crippen molar-refractivity contribution in [2.45, 2.75) is 64.5 Å². The molecule has 0 atom stereocenters. The van der Waals surface area contributed by atoms with Gasteiger partial charge in [0.05, 0.1) is 26.7 Å². The fraction of sp³-hybridized carbons (Fsp3) is 0.667. The molecule has 8 heteroatoms. The van der Waals surface area contributed by atoms with E-state index in [1.165, 1.54) is 24.9 Å². The van der Waals surface area contributed by atoms with Crippen LogP contribution in [0.3, 0.4) is 0 Å². The van der Waals surface area contributed by atoms with Crippen molar-refractivity contribution in [3.63, 3.8) is 0 Å². The minimum absolute atomic E-state index is 0.0697. The molecule has 2 rings (SSSR count). The number of ether oxygens (including phenoxy) is 2. The summed E-state index contributed by atoms with van der Waals surface area (Å²) in [5, 5.41) is 2.34. The SMILES string of the molecule is CCOC(=O)CCC(=O)N(Cc1nc(C(=O)OC)cs1)C1CCCCC1. The fourth-order valence-electron chi connectivity index (χ4n) is 3.13. The van der Waals surface area contributed by atoms with Crippen molar-refractivity contribution in [1.29, 1.82) is 0 Å². The predicted octanol–water partition coefficient (Wildman–Crippen LogP) is 2.93. The molecule has 0 aliphatic heterocycles. The molecule has 0 aromatic carbocycles. The molecule has 1 heterocycles. The number of carbonyl (C=O) groups excluding carboxylic acids is 3. The van der Waals surface area contributed by atoms with Crippen molar-refractivity contribution < 1.29 is 23.9 Å². The second-order valence-corrected chi connectivity index (χ2v) is 7.18. The van der Waals surface area contributed by atoms with E-state index in [-0.39, 0.29) is 36.5 Å². The fourth-order valence-corrected chi connectivity index (χ4v) is 3.89. The highest BCUT2D eigenvalue weighted by atomic mass is 32.1. The number of hydrogen-bond donors (Lipinski definition) is 0. The zero-order valence-electron chi connectivity index (χ0n) is 15.4. The number of aromatic nitrogens is 1. The maximum absolute atomic E-state index is 12.8. The van der Waals surface area contributed by atoms with E-state index >= 15 is 0 Å². The van der Waals surface area contributed by atoms with E-state index in [1.54, 1.807) is 12.3 Å². The van der Waals surface area contributed by atoms with Crippen LogP contribution in [0.1, 0.15) is 67.4 Å². The van der Waals surface area contributed by atoms with Gasteiger partial charge in [0.25, 0.3) is 0 Å². The van der Waals surface area contributed by atoms with Gasteiger partial charge in [-0.05, 0) is 19.8 Å². The van der Waals surface area contributed by atoms with Crippen molar-refractivity contribution in [3.05, 3.63) is 16.1 Å². The van der Waals surface area contributed by atoms with Gasteiger partial charge in [0, 0.05) is 17.8 Å². The lowest BCUT2D eigenvalue weighted by Gasteiger charge is -2.34. The third-order valence-electron chi connectivity index (χ3n) is 4.44. The van der Waals surface area contributed by atoms with Crippen molar-refractivity contribution in [2.24, 2.45) is 0 Å². The highest BCUT2D eigenvalue weighted by Crippen LogP contribution is 2.26. The van der Waals surface area contributed by atoms with Gasteiger partial charge in [-0.3, -0.25) is 9.59 Å². The van der Waals surface area contributed by atoms with Gasteiger partial charge < -0.3 is 14.4 Å². The first kappa shape index (κ1) is 20.4. The van der Waals surface area contributed by atoms with Crippen LogP contribution in [-0.2, 0) is 25.6 Å². The summed E-state index contributed by atoms with van der Waals surface area (Å²) in [5.74, 6) is -0.906. The molecule has 0 N–H and O–H groups in total. The van der Waals surface area contributed by atoms with E-state index in [9.17, 15) is 14.4 Å². The van der Waals surface area contributed by atoms with E-state index in [0.29, 0.717) is 18.2 Å². The van der Waals surface area contributed by atoms with Crippen LogP contribution < -0.4 is 0 Å². The van der Waals surface area contributed by atoms with Gasteiger partial charge in [-0.1, -0.05) is 19.3 Å². The second-order valence-electron chi connectivity index (χ2n) is 6.24. The first-order valence-electron chi connectivity index (χ1n) is 9.03. The number of amides is 1. The molecular weight excluding hydrogens is 356 g/mol. The molecule has 1 aromatic rings. The van der Waals surface area contributed by atoms with Crippen molar-refractivity contribution in [2.75, 3.05) is 13.7 Å². The molecular formula is C18H26N2O5S. The van der Waals surface area contributed by atoms with Gasteiger partial charge in [-0.2, -0.15) is 0 Å². The normalized spacial score (nSPS) is 14.7. The van der Waals surface area contributed by atoms with E-state index < -0.39 is 5.97 Å². The lowest BCUT2D eigenvalue weighted by molar-refractivity contribution is -0.146. The summed E-state index contributed by atoms with van der Waals surface area (Å²) in [4.78, 5) is 42.0. The van der Waals surface area contributed by atoms with Crippen LogP contribution in [0.2, 0.25) is 0 Å². The van der Waals surface area contributed by atoms with Crippen LogP contribution in [0, 0.1) is 0 Å². The van der Waals surface area contributed by atoms with E-state index in [0.717, 1.165) is 25.7 Å². The van der Waals surface area contributed by atoms with Crippen LogP contribution in [0.4, 0.5) is 0 Å². The first-order chi connectivity index (χ1) is 12.5. The summed E-state index contributed by atoms with van der Waals surface area (Å²) in [7, 11) is 1.31. The molecule has 0 saturated heterocycles. The maximum atomic E-state index is 12.8. The minimum Gasteiger partial charge on any atom is -0.466 e. The Morgan fingerprint density at radius 2 is 1.96 bits per heavy atom. The second kappa shape index (κ2) is 10.3. The Morgan fingerprint density at radius 1 is 1.23 bits per heavy atom. The number of methoxy groups -OCH3 is 1. The molecule has 1 aliphatic rings. The van der Waals surface area contributed by atoms with E-state index in [2.05, 4.69) is 9.72 Å². The van der Waals surface area contributed by atoms with Gasteiger partial charge in [-0.15, -0.1) is 11.3 Å². The molecule has 7 nitrogen and oxygen atoms in total. The Labute approximate surface area is 157 Å². The van der Waals surface area contributed by atoms with E-state index in [1.807, 2.05) is 4.90 Å². The van der Waals surface area contributed by atoms with Crippen molar-refractivity contribution in [1.82, 2.24) is 9.88 Å². The van der Waals surface area contributed by atoms with Crippen LogP contribution in [0.15, 0.2) is 5.38 Å². The molecule has 1 saturated carbocycles. The van der Waals surface area contributed by atoms with Crippen LogP contribution in [0.5, 0.6) is 0 Å².